The third-order valence-electron chi connectivity index (χ3n) is 5.75. The van der Waals surface area contributed by atoms with Crippen molar-refractivity contribution in [3.05, 3.63) is 30.2 Å². The molecule has 4 rings (SSSR count). The predicted molar refractivity (Wildman–Crippen MR) is 94.5 cm³/mol. The lowest BCUT2D eigenvalue weighted by Gasteiger charge is -2.38. The molecular weight excluding hydrogens is 332 g/mol. The van der Waals surface area contributed by atoms with Gasteiger partial charge in [0, 0.05) is 24.4 Å². The van der Waals surface area contributed by atoms with Crippen LogP contribution in [0.1, 0.15) is 56.2 Å². The number of rotatable bonds is 4. The van der Waals surface area contributed by atoms with E-state index in [1.807, 2.05) is 23.9 Å². The van der Waals surface area contributed by atoms with Crippen molar-refractivity contribution in [3.8, 4) is 0 Å². The number of carbonyl (C=O) groups excluding carboxylic acids is 1. The van der Waals surface area contributed by atoms with Crippen LogP contribution in [-0.2, 0) is 10.3 Å². The molecule has 26 heavy (non-hydrogen) atoms. The Morgan fingerprint density at radius 1 is 1.31 bits per heavy atom. The highest BCUT2D eigenvalue weighted by Gasteiger charge is 2.43. The molecule has 2 aromatic heterocycles. The lowest BCUT2D eigenvalue weighted by atomic mass is 9.83. The Kier molecular flexibility index (Phi) is 4.76. The average Bonchev–Trinajstić information content (AvgIpc) is 3.35. The molecule has 8 nitrogen and oxygen atoms in total. The summed E-state index contributed by atoms with van der Waals surface area (Å²) in [4.78, 5) is 17.6. The molecule has 1 amide bonds. The van der Waals surface area contributed by atoms with E-state index in [9.17, 15) is 4.79 Å². The third-order valence-corrected chi connectivity index (χ3v) is 5.75. The fraction of sp³-hybridized carbons (Fsp3) is 0.667. The number of nitrogens with zero attached hydrogens (tertiary/aromatic N) is 4. The highest BCUT2D eigenvalue weighted by Crippen LogP contribution is 2.33. The highest BCUT2D eigenvalue weighted by atomic mass is 16.5. The molecule has 1 aliphatic carbocycles. The van der Waals surface area contributed by atoms with Gasteiger partial charge in [-0.1, -0.05) is 5.16 Å². The van der Waals surface area contributed by atoms with Gasteiger partial charge >= 0.3 is 0 Å². The van der Waals surface area contributed by atoms with Gasteiger partial charge in [-0.15, -0.1) is 0 Å². The molecule has 1 saturated heterocycles. The normalized spacial score (nSPS) is 25.7. The average molecular weight is 358 g/mol. The number of aromatic nitrogens is 4. The summed E-state index contributed by atoms with van der Waals surface area (Å²) in [5, 5.41) is 14.9. The minimum Gasteiger partial charge on any atom is -0.351 e. The van der Waals surface area contributed by atoms with Gasteiger partial charge in [-0.05, 0) is 64.6 Å². The van der Waals surface area contributed by atoms with E-state index in [0.29, 0.717) is 11.7 Å². The zero-order valence-corrected chi connectivity index (χ0v) is 15.1. The standard InChI is InChI=1S/C18H26N6O2/c1-13-21-16(26-23-13)14-3-5-15(6-4-14)22-17(25)18(7-10-19-11-8-18)24-12-2-9-20-24/h2,9,12,14-15,19H,3-8,10-11H2,1H3,(H,22,25). The van der Waals surface area contributed by atoms with Crippen molar-refractivity contribution in [2.75, 3.05) is 13.1 Å². The maximum Gasteiger partial charge on any atom is 0.248 e. The fourth-order valence-corrected chi connectivity index (χ4v) is 4.21. The van der Waals surface area contributed by atoms with Gasteiger partial charge in [-0.3, -0.25) is 9.48 Å². The molecule has 0 spiro atoms. The topological polar surface area (TPSA) is 97.9 Å². The molecule has 3 heterocycles. The number of hydrogen-bond donors (Lipinski definition) is 2. The van der Waals surface area contributed by atoms with Gasteiger partial charge in [-0.25, -0.2) is 0 Å². The van der Waals surface area contributed by atoms with Gasteiger partial charge in [0.25, 0.3) is 0 Å². The molecule has 1 saturated carbocycles. The van der Waals surface area contributed by atoms with E-state index >= 15 is 0 Å². The van der Waals surface area contributed by atoms with Crippen LogP contribution in [0.2, 0.25) is 0 Å². The summed E-state index contributed by atoms with van der Waals surface area (Å²) in [6.07, 6.45) is 8.96. The number of hydrogen-bond acceptors (Lipinski definition) is 6. The summed E-state index contributed by atoms with van der Waals surface area (Å²) >= 11 is 0. The minimum atomic E-state index is -0.574. The molecule has 0 unspecified atom stereocenters. The Morgan fingerprint density at radius 2 is 2.08 bits per heavy atom. The van der Waals surface area contributed by atoms with Crippen molar-refractivity contribution in [1.82, 2.24) is 30.6 Å². The third kappa shape index (κ3) is 3.25. The van der Waals surface area contributed by atoms with Crippen LogP contribution in [-0.4, -0.2) is 45.0 Å². The van der Waals surface area contributed by atoms with E-state index in [1.54, 1.807) is 6.20 Å². The summed E-state index contributed by atoms with van der Waals surface area (Å²) in [6, 6.07) is 2.08. The SMILES string of the molecule is Cc1noc(C2CCC(NC(=O)C3(n4cccn4)CCNCC3)CC2)n1. The number of amides is 1. The number of piperidine rings is 1. The molecule has 140 valence electrons. The second-order valence-electron chi connectivity index (χ2n) is 7.43. The van der Waals surface area contributed by atoms with Gasteiger partial charge in [0.05, 0.1) is 0 Å². The van der Waals surface area contributed by atoms with Crippen LogP contribution in [0, 0.1) is 6.92 Å². The molecule has 0 bridgehead atoms. The van der Waals surface area contributed by atoms with Gasteiger partial charge in [-0.2, -0.15) is 10.1 Å². The Balaban J connectivity index is 1.40. The first kappa shape index (κ1) is 17.2. The van der Waals surface area contributed by atoms with Crippen LogP contribution in [0.3, 0.4) is 0 Å². The van der Waals surface area contributed by atoms with Crippen molar-refractivity contribution in [1.29, 1.82) is 0 Å². The monoisotopic (exact) mass is 358 g/mol. The van der Waals surface area contributed by atoms with Crippen molar-refractivity contribution in [2.45, 2.75) is 62.9 Å². The van der Waals surface area contributed by atoms with E-state index in [-0.39, 0.29) is 11.9 Å². The van der Waals surface area contributed by atoms with Gasteiger partial charge < -0.3 is 15.2 Å². The smallest absolute Gasteiger partial charge is 0.248 e. The van der Waals surface area contributed by atoms with Crippen LogP contribution in [0.5, 0.6) is 0 Å². The zero-order valence-electron chi connectivity index (χ0n) is 15.1. The fourth-order valence-electron chi connectivity index (χ4n) is 4.21. The van der Waals surface area contributed by atoms with E-state index in [1.165, 1.54) is 0 Å². The van der Waals surface area contributed by atoms with Gasteiger partial charge in [0.1, 0.15) is 5.54 Å². The van der Waals surface area contributed by atoms with E-state index in [0.717, 1.165) is 57.5 Å². The highest BCUT2D eigenvalue weighted by molar-refractivity contribution is 5.84. The number of nitrogens with one attached hydrogen (secondary N) is 2. The Labute approximate surface area is 152 Å². The maximum atomic E-state index is 13.2. The molecule has 8 heteroatoms. The molecule has 2 aromatic rings. The van der Waals surface area contributed by atoms with Gasteiger partial charge in [0.2, 0.25) is 11.8 Å². The molecule has 2 aliphatic rings. The summed E-state index contributed by atoms with van der Waals surface area (Å²) in [6.45, 7) is 3.50. The van der Waals surface area contributed by atoms with Crippen LogP contribution in [0.4, 0.5) is 0 Å². The van der Waals surface area contributed by atoms with Crippen molar-refractivity contribution in [3.63, 3.8) is 0 Å². The summed E-state index contributed by atoms with van der Waals surface area (Å²) in [5.41, 5.74) is -0.574. The largest absolute Gasteiger partial charge is 0.351 e. The second kappa shape index (κ2) is 7.19. The van der Waals surface area contributed by atoms with E-state index in [2.05, 4.69) is 25.9 Å². The number of aryl methyl sites for hydroxylation is 1. The molecule has 0 atom stereocenters. The van der Waals surface area contributed by atoms with E-state index in [4.69, 9.17) is 4.52 Å². The zero-order chi connectivity index (χ0) is 18.0. The first-order valence-corrected chi connectivity index (χ1v) is 9.49. The lowest BCUT2D eigenvalue weighted by molar-refractivity contribution is -0.133. The molecule has 1 aliphatic heterocycles. The minimum absolute atomic E-state index is 0.0970. The maximum absolute atomic E-state index is 13.2. The molecule has 0 radical (unpaired) electrons. The summed E-state index contributed by atoms with van der Waals surface area (Å²) in [7, 11) is 0. The van der Waals surface area contributed by atoms with Gasteiger partial charge in [0.15, 0.2) is 5.82 Å². The van der Waals surface area contributed by atoms with E-state index < -0.39 is 5.54 Å². The summed E-state index contributed by atoms with van der Waals surface area (Å²) < 4.78 is 7.16. The molecule has 0 aromatic carbocycles. The summed E-state index contributed by atoms with van der Waals surface area (Å²) in [5.74, 6) is 1.82. The van der Waals surface area contributed by atoms with Crippen molar-refractivity contribution >= 4 is 5.91 Å². The molecule has 2 fully saturated rings. The lowest BCUT2D eigenvalue weighted by Crippen LogP contribution is -2.56. The molecule has 2 N–H and O–H groups in total. The Bertz CT molecular complexity index is 727. The Morgan fingerprint density at radius 3 is 2.69 bits per heavy atom. The molecular formula is C18H26N6O2. The van der Waals surface area contributed by atoms with Crippen molar-refractivity contribution < 1.29 is 9.32 Å². The first-order chi connectivity index (χ1) is 12.7. The Hall–Kier alpha value is -2.22. The predicted octanol–water partition coefficient (Wildman–Crippen LogP) is 1.50. The van der Waals surface area contributed by atoms with Crippen LogP contribution in [0.25, 0.3) is 0 Å². The van der Waals surface area contributed by atoms with Crippen molar-refractivity contribution in [2.24, 2.45) is 0 Å². The van der Waals surface area contributed by atoms with Crippen LogP contribution < -0.4 is 10.6 Å². The first-order valence-electron chi connectivity index (χ1n) is 9.49. The van der Waals surface area contributed by atoms with Crippen LogP contribution in [0.15, 0.2) is 23.0 Å². The second-order valence-corrected chi connectivity index (χ2v) is 7.43. The quantitative estimate of drug-likeness (QED) is 0.859. The van der Waals surface area contributed by atoms with Crippen LogP contribution >= 0.6 is 0 Å². The number of carbonyl (C=O) groups is 1.